The molecular weight excluding hydrogens is 248 g/mol. The zero-order valence-electron chi connectivity index (χ0n) is 12.2. The Labute approximate surface area is 120 Å². The fourth-order valence-electron chi connectivity index (χ4n) is 2.21. The Balaban J connectivity index is 1.90. The van der Waals surface area contributed by atoms with E-state index >= 15 is 0 Å². The number of aromatic nitrogens is 1. The van der Waals surface area contributed by atoms with E-state index < -0.39 is 0 Å². The molecule has 0 aliphatic heterocycles. The maximum Gasteiger partial charge on any atom is 0.221 e. The normalized spacial score (nSPS) is 16.3. The van der Waals surface area contributed by atoms with Crippen molar-refractivity contribution in [2.75, 3.05) is 0 Å². The lowest BCUT2D eigenvalue weighted by molar-refractivity contribution is 0.211. The Kier molecular flexibility index (Phi) is 3.88. The summed E-state index contributed by atoms with van der Waals surface area (Å²) in [6, 6.07) is 11.2. The molecule has 2 aromatic rings. The van der Waals surface area contributed by atoms with E-state index in [2.05, 4.69) is 43.4 Å². The molecule has 1 aromatic carbocycles. The third kappa shape index (κ3) is 3.10. The molecule has 0 saturated heterocycles. The van der Waals surface area contributed by atoms with Gasteiger partial charge in [0, 0.05) is 18.0 Å². The molecule has 1 heterocycles. The first-order chi connectivity index (χ1) is 9.76. The third-order valence-corrected chi connectivity index (χ3v) is 3.80. The van der Waals surface area contributed by atoms with Gasteiger partial charge in [-0.1, -0.05) is 25.1 Å². The molecule has 20 heavy (non-hydrogen) atoms. The van der Waals surface area contributed by atoms with Gasteiger partial charge in [0.25, 0.3) is 0 Å². The smallest absolute Gasteiger partial charge is 0.221 e. The lowest BCUT2D eigenvalue weighted by Gasteiger charge is -2.15. The van der Waals surface area contributed by atoms with Crippen molar-refractivity contribution < 1.29 is 4.74 Å². The molecule has 1 fully saturated rings. The maximum absolute atomic E-state index is 6.00. The van der Waals surface area contributed by atoms with Gasteiger partial charge in [0.1, 0.15) is 0 Å². The number of fused-ring (bicyclic) bond motifs is 1. The van der Waals surface area contributed by atoms with Gasteiger partial charge in [0.2, 0.25) is 5.88 Å². The molecule has 1 saturated carbocycles. The van der Waals surface area contributed by atoms with Crippen LogP contribution in [0.25, 0.3) is 10.8 Å². The van der Waals surface area contributed by atoms with Gasteiger partial charge in [-0.2, -0.15) is 0 Å². The fraction of sp³-hybridized carbons (Fsp3) is 0.471. The van der Waals surface area contributed by atoms with Crippen LogP contribution in [-0.2, 0) is 6.54 Å². The summed E-state index contributed by atoms with van der Waals surface area (Å²) in [7, 11) is 0. The van der Waals surface area contributed by atoms with Gasteiger partial charge in [-0.15, -0.1) is 0 Å². The molecule has 3 nitrogen and oxygen atoms in total. The number of nitrogens with zero attached hydrogens (tertiary/aromatic N) is 1. The summed E-state index contributed by atoms with van der Waals surface area (Å²) in [4.78, 5) is 4.70. The average Bonchev–Trinajstić information content (AvgIpc) is 3.29. The molecule has 1 atom stereocenters. The Morgan fingerprint density at radius 2 is 2.15 bits per heavy atom. The van der Waals surface area contributed by atoms with Crippen LogP contribution in [0.15, 0.2) is 30.3 Å². The molecule has 1 N–H and O–H groups in total. The minimum atomic E-state index is 0.192. The van der Waals surface area contributed by atoms with Crippen molar-refractivity contribution in [3.8, 4) is 5.88 Å². The maximum atomic E-state index is 6.00. The Morgan fingerprint density at radius 3 is 2.90 bits per heavy atom. The van der Waals surface area contributed by atoms with Crippen LogP contribution >= 0.6 is 0 Å². The highest BCUT2D eigenvalue weighted by molar-refractivity contribution is 5.87. The molecule has 1 aliphatic rings. The number of hydrogen-bond donors (Lipinski definition) is 1. The highest BCUT2D eigenvalue weighted by Gasteiger charge is 2.20. The van der Waals surface area contributed by atoms with E-state index in [4.69, 9.17) is 9.72 Å². The van der Waals surface area contributed by atoms with Crippen LogP contribution in [0.5, 0.6) is 5.88 Å². The van der Waals surface area contributed by atoms with Gasteiger partial charge in [-0.25, -0.2) is 4.98 Å². The van der Waals surface area contributed by atoms with Gasteiger partial charge >= 0.3 is 0 Å². The molecule has 0 spiro atoms. The van der Waals surface area contributed by atoms with Crippen molar-refractivity contribution in [3.05, 3.63) is 36.0 Å². The fourth-order valence-corrected chi connectivity index (χ4v) is 2.21. The van der Waals surface area contributed by atoms with E-state index in [1.165, 1.54) is 18.2 Å². The van der Waals surface area contributed by atoms with Gasteiger partial charge in [-0.3, -0.25) is 0 Å². The highest BCUT2D eigenvalue weighted by atomic mass is 16.5. The Hall–Kier alpha value is -1.61. The number of benzene rings is 1. The minimum Gasteiger partial charge on any atom is -0.474 e. The molecule has 1 aliphatic carbocycles. The first-order valence-corrected chi connectivity index (χ1v) is 7.55. The van der Waals surface area contributed by atoms with E-state index in [1.54, 1.807) is 0 Å². The monoisotopic (exact) mass is 270 g/mol. The molecule has 0 radical (unpaired) electrons. The van der Waals surface area contributed by atoms with Crippen LogP contribution in [0.4, 0.5) is 0 Å². The first kappa shape index (κ1) is 13.4. The summed E-state index contributed by atoms with van der Waals surface area (Å²) in [5, 5.41) is 5.82. The van der Waals surface area contributed by atoms with Gasteiger partial charge in [0.05, 0.1) is 11.8 Å². The lowest BCUT2D eigenvalue weighted by Crippen LogP contribution is -2.17. The van der Waals surface area contributed by atoms with E-state index in [0.29, 0.717) is 6.04 Å². The summed E-state index contributed by atoms with van der Waals surface area (Å²) in [5.74, 6) is 0.769. The summed E-state index contributed by atoms with van der Waals surface area (Å²) in [6.07, 6.45) is 3.77. The molecule has 0 bridgehead atoms. The summed E-state index contributed by atoms with van der Waals surface area (Å²) in [5.41, 5.74) is 1.06. The average molecular weight is 270 g/mol. The standard InChI is InChI=1S/C17H22N2O/c1-3-12(2)20-17-16-7-5-4-6-13(16)10-15(19-17)11-18-14-8-9-14/h4-7,10,12,14,18H,3,8-9,11H2,1-2H3. The first-order valence-electron chi connectivity index (χ1n) is 7.55. The molecule has 1 unspecified atom stereocenters. The summed E-state index contributed by atoms with van der Waals surface area (Å²) < 4.78 is 6.00. The van der Waals surface area contributed by atoms with Crippen LogP contribution in [0.1, 0.15) is 38.8 Å². The van der Waals surface area contributed by atoms with Crippen molar-refractivity contribution in [1.82, 2.24) is 10.3 Å². The zero-order valence-corrected chi connectivity index (χ0v) is 12.2. The van der Waals surface area contributed by atoms with Crippen LogP contribution in [0.3, 0.4) is 0 Å². The van der Waals surface area contributed by atoms with Crippen LogP contribution in [0, 0.1) is 0 Å². The molecule has 106 valence electrons. The predicted molar refractivity (Wildman–Crippen MR) is 82.0 cm³/mol. The number of rotatable bonds is 6. The van der Waals surface area contributed by atoms with Crippen molar-refractivity contribution in [1.29, 1.82) is 0 Å². The van der Waals surface area contributed by atoms with E-state index in [9.17, 15) is 0 Å². The Bertz CT molecular complexity index is 593. The molecule has 1 aromatic heterocycles. The van der Waals surface area contributed by atoms with E-state index in [-0.39, 0.29) is 6.10 Å². The van der Waals surface area contributed by atoms with E-state index in [1.807, 2.05) is 6.07 Å². The van der Waals surface area contributed by atoms with Crippen molar-refractivity contribution in [2.45, 2.75) is 51.8 Å². The Morgan fingerprint density at radius 1 is 1.35 bits per heavy atom. The SMILES string of the molecule is CCC(C)Oc1nc(CNC2CC2)cc2ccccc12. The summed E-state index contributed by atoms with van der Waals surface area (Å²) in [6.45, 7) is 5.04. The molecule has 3 rings (SSSR count). The van der Waals surface area contributed by atoms with Crippen LogP contribution < -0.4 is 10.1 Å². The van der Waals surface area contributed by atoms with Crippen molar-refractivity contribution in [2.24, 2.45) is 0 Å². The second-order valence-electron chi connectivity index (χ2n) is 5.63. The van der Waals surface area contributed by atoms with Crippen LogP contribution in [0.2, 0.25) is 0 Å². The summed E-state index contributed by atoms with van der Waals surface area (Å²) >= 11 is 0. The largest absolute Gasteiger partial charge is 0.474 e. The second kappa shape index (κ2) is 5.80. The molecular formula is C17H22N2O. The van der Waals surface area contributed by atoms with Crippen molar-refractivity contribution >= 4 is 10.8 Å². The number of ether oxygens (including phenoxy) is 1. The van der Waals surface area contributed by atoms with Gasteiger partial charge in [0.15, 0.2) is 0 Å². The minimum absolute atomic E-state index is 0.192. The zero-order chi connectivity index (χ0) is 13.9. The van der Waals surface area contributed by atoms with Crippen molar-refractivity contribution in [3.63, 3.8) is 0 Å². The topological polar surface area (TPSA) is 34.1 Å². The number of hydrogen-bond acceptors (Lipinski definition) is 3. The molecule has 0 amide bonds. The number of pyridine rings is 1. The predicted octanol–water partition coefficient (Wildman–Crippen LogP) is 3.66. The highest BCUT2D eigenvalue weighted by Crippen LogP contribution is 2.26. The lowest BCUT2D eigenvalue weighted by atomic mass is 10.1. The van der Waals surface area contributed by atoms with E-state index in [0.717, 1.165) is 29.9 Å². The van der Waals surface area contributed by atoms with Gasteiger partial charge in [-0.05, 0) is 43.7 Å². The second-order valence-corrected chi connectivity index (χ2v) is 5.63. The third-order valence-electron chi connectivity index (χ3n) is 3.80. The van der Waals surface area contributed by atoms with Gasteiger partial charge < -0.3 is 10.1 Å². The van der Waals surface area contributed by atoms with Crippen LogP contribution in [-0.4, -0.2) is 17.1 Å². The quantitative estimate of drug-likeness (QED) is 0.869. The number of nitrogens with one attached hydrogen (secondary N) is 1. The molecule has 3 heteroatoms.